The van der Waals surface area contributed by atoms with Crippen molar-refractivity contribution in [1.82, 2.24) is 4.90 Å². The number of nitrogens with two attached hydrogens (primary N) is 1. The second kappa shape index (κ2) is 5.24. The third kappa shape index (κ3) is 3.05. The number of aryl methyl sites for hydroxylation is 2. The van der Waals surface area contributed by atoms with Gasteiger partial charge in [0.2, 0.25) is 0 Å². The number of halogens is 2. The molecule has 1 aliphatic heterocycles. The van der Waals surface area contributed by atoms with Crippen LogP contribution in [-0.4, -0.2) is 30.5 Å². The van der Waals surface area contributed by atoms with Gasteiger partial charge in [-0.1, -0.05) is 6.07 Å². The highest BCUT2D eigenvalue weighted by molar-refractivity contribution is 5.52. The third-order valence-corrected chi connectivity index (χ3v) is 5.12. The van der Waals surface area contributed by atoms with E-state index in [0.717, 1.165) is 37.2 Å². The van der Waals surface area contributed by atoms with Gasteiger partial charge in [0.25, 0.3) is 5.92 Å². The quantitative estimate of drug-likeness (QED) is 0.861. The van der Waals surface area contributed by atoms with Crippen molar-refractivity contribution < 1.29 is 8.78 Å². The van der Waals surface area contributed by atoms with E-state index in [1.54, 1.807) is 0 Å². The maximum absolute atomic E-state index is 13.0. The molecular formula is C17H24F2N2. The van der Waals surface area contributed by atoms with Crippen LogP contribution in [0.1, 0.15) is 41.9 Å². The Morgan fingerprint density at radius 2 is 1.81 bits per heavy atom. The van der Waals surface area contributed by atoms with E-state index in [4.69, 9.17) is 5.73 Å². The van der Waals surface area contributed by atoms with Crippen LogP contribution in [0.3, 0.4) is 0 Å². The summed E-state index contributed by atoms with van der Waals surface area (Å²) < 4.78 is 26.0. The number of alkyl halides is 2. The number of anilines is 1. The molecule has 1 saturated carbocycles. The van der Waals surface area contributed by atoms with Crippen LogP contribution in [0.4, 0.5) is 14.5 Å². The van der Waals surface area contributed by atoms with E-state index in [9.17, 15) is 8.78 Å². The first kappa shape index (κ1) is 14.8. The van der Waals surface area contributed by atoms with Crippen LogP contribution >= 0.6 is 0 Å². The first-order chi connectivity index (χ1) is 9.87. The van der Waals surface area contributed by atoms with Crippen LogP contribution in [-0.2, 0) is 0 Å². The lowest BCUT2D eigenvalue weighted by molar-refractivity contribution is 0.0831. The van der Waals surface area contributed by atoms with E-state index in [1.807, 2.05) is 6.92 Å². The van der Waals surface area contributed by atoms with Gasteiger partial charge in [-0.15, -0.1) is 0 Å². The minimum absolute atomic E-state index is 0.0865. The van der Waals surface area contributed by atoms with Crippen LogP contribution < -0.4 is 5.73 Å². The Balaban J connectivity index is 1.60. The lowest BCUT2D eigenvalue weighted by atomic mass is 9.85. The van der Waals surface area contributed by atoms with Crippen molar-refractivity contribution >= 4 is 5.69 Å². The molecule has 0 spiro atoms. The average molecular weight is 294 g/mol. The number of nitrogen functional groups attached to an aromatic ring is 1. The number of benzene rings is 1. The molecule has 4 heteroatoms. The minimum Gasteiger partial charge on any atom is -0.399 e. The summed E-state index contributed by atoms with van der Waals surface area (Å²) in [7, 11) is 0. The summed E-state index contributed by atoms with van der Waals surface area (Å²) in [5, 5.41) is 0. The van der Waals surface area contributed by atoms with Gasteiger partial charge in [0.15, 0.2) is 0 Å². The van der Waals surface area contributed by atoms with E-state index in [-0.39, 0.29) is 6.42 Å². The first-order valence-electron chi connectivity index (χ1n) is 7.83. The van der Waals surface area contributed by atoms with E-state index in [0.29, 0.717) is 12.5 Å². The highest BCUT2D eigenvalue weighted by Gasteiger charge is 2.57. The molecule has 2 N–H and O–H groups in total. The van der Waals surface area contributed by atoms with Crippen molar-refractivity contribution in [3.05, 3.63) is 28.8 Å². The SMILES string of the molecule is Cc1cc(C2CCN(CC3CC3(F)F)CC2)c(C)cc1N. The molecule has 1 saturated heterocycles. The van der Waals surface area contributed by atoms with Gasteiger partial charge in [0, 0.05) is 24.6 Å². The molecule has 1 atom stereocenters. The van der Waals surface area contributed by atoms with Crippen molar-refractivity contribution in [2.75, 3.05) is 25.4 Å². The summed E-state index contributed by atoms with van der Waals surface area (Å²) in [6.45, 7) is 6.59. The number of hydrogen-bond donors (Lipinski definition) is 1. The molecular weight excluding hydrogens is 270 g/mol. The number of nitrogens with zero attached hydrogens (tertiary/aromatic N) is 1. The number of likely N-dealkylation sites (tertiary alicyclic amines) is 1. The Kier molecular flexibility index (Phi) is 3.68. The molecule has 2 fully saturated rings. The summed E-state index contributed by atoms with van der Waals surface area (Å²) in [6.07, 6.45) is 2.20. The van der Waals surface area contributed by atoms with Crippen LogP contribution in [0.5, 0.6) is 0 Å². The summed E-state index contributed by atoms with van der Waals surface area (Å²) >= 11 is 0. The van der Waals surface area contributed by atoms with Gasteiger partial charge in [-0.05, 0) is 68.5 Å². The van der Waals surface area contributed by atoms with Gasteiger partial charge in [0.05, 0.1) is 0 Å². The van der Waals surface area contributed by atoms with Gasteiger partial charge in [0.1, 0.15) is 0 Å². The second-order valence-corrected chi connectivity index (χ2v) is 6.80. The zero-order chi connectivity index (χ0) is 15.2. The lowest BCUT2D eigenvalue weighted by Gasteiger charge is -2.33. The smallest absolute Gasteiger partial charge is 0.252 e. The Morgan fingerprint density at radius 1 is 1.19 bits per heavy atom. The van der Waals surface area contributed by atoms with E-state index in [2.05, 4.69) is 24.0 Å². The van der Waals surface area contributed by atoms with Crippen LogP contribution in [0, 0.1) is 19.8 Å². The fraction of sp³-hybridized carbons (Fsp3) is 0.647. The monoisotopic (exact) mass is 294 g/mol. The first-order valence-corrected chi connectivity index (χ1v) is 7.83. The van der Waals surface area contributed by atoms with Gasteiger partial charge in [-0.2, -0.15) is 0 Å². The second-order valence-electron chi connectivity index (χ2n) is 6.80. The van der Waals surface area contributed by atoms with Crippen molar-refractivity contribution in [3.8, 4) is 0 Å². The summed E-state index contributed by atoms with van der Waals surface area (Å²) in [5.74, 6) is -2.24. The Morgan fingerprint density at radius 3 is 2.38 bits per heavy atom. The molecule has 1 aromatic carbocycles. The molecule has 0 radical (unpaired) electrons. The van der Waals surface area contributed by atoms with Gasteiger partial charge < -0.3 is 10.6 Å². The largest absolute Gasteiger partial charge is 0.399 e. The predicted molar refractivity (Wildman–Crippen MR) is 81.8 cm³/mol. The zero-order valence-electron chi connectivity index (χ0n) is 12.8. The lowest BCUT2D eigenvalue weighted by Crippen LogP contribution is -2.35. The standard InChI is InChI=1S/C17H24F2N2/c1-11-8-16(20)12(2)7-15(11)13-3-5-21(6-4-13)10-14-9-17(14,18)19/h7-8,13-14H,3-6,9-10,20H2,1-2H3. The van der Waals surface area contributed by atoms with Crippen LogP contribution in [0.15, 0.2) is 12.1 Å². The van der Waals surface area contributed by atoms with Crippen molar-refractivity contribution in [1.29, 1.82) is 0 Å². The van der Waals surface area contributed by atoms with Crippen molar-refractivity contribution in [3.63, 3.8) is 0 Å². The van der Waals surface area contributed by atoms with Crippen LogP contribution in [0.25, 0.3) is 0 Å². The molecule has 116 valence electrons. The van der Waals surface area contributed by atoms with E-state index >= 15 is 0 Å². The highest BCUT2D eigenvalue weighted by Crippen LogP contribution is 2.49. The third-order valence-electron chi connectivity index (χ3n) is 5.12. The number of piperidine rings is 1. The molecule has 2 nitrogen and oxygen atoms in total. The summed E-state index contributed by atoms with van der Waals surface area (Å²) in [4.78, 5) is 2.21. The molecule has 1 heterocycles. The zero-order valence-corrected chi connectivity index (χ0v) is 12.8. The Hall–Kier alpha value is -1.16. The number of hydrogen-bond acceptors (Lipinski definition) is 2. The molecule has 0 bridgehead atoms. The molecule has 0 amide bonds. The molecule has 1 unspecified atom stereocenters. The predicted octanol–water partition coefficient (Wildman–Crippen LogP) is 3.72. The molecule has 21 heavy (non-hydrogen) atoms. The van der Waals surface area contributed by atoms with Crippen molar-refractivity contribution in [2.24, 2.45) is 5.92 Å². The maximum atomic E-state index is 13.0. The van der Waals surface area contributed by atoms with E-state index < -0.39 is 11.8 Å². The molecule has 1 aromatic rings. The maximum Gasteiger partial charge on any atom is 0.252 e. The molecule has 3 rings (SSSR count). The number of rotatable bonds is 3. The molecule has 1 aliphatic carbocycles. The highest BCUT2D eigenvalue weighted by atomic mass is 19.3. The van der Waals surface area contributed by atoms with Gasteiger partial charge >= 0.3 is 0 Å². The fourth-order valence-corrected chi connectivity index (χ4v) is 3.51. The Bertz CT molecular complexity index is 534. The summed E-state index contributed by atoms with van der Waals surface area (Å²) in [6, 6.07) is 4.27. The topological polar surface area (TPSA) is 29.3 Å². The van der Waals surface area contributed by atoms with Gasteiger partial charge in [-0.3, -0.25) is 0 Å². The van der Waals surface area contributed by atoms with E-state index in [1.165, 1.54) is 11.1 Å². The summed E-state index contributed by atoms with van der Waals surface area (Å²) in [5.41, 5.74) is 10.6. The van der Waals surface area contributed by atoms with Crippen LogP contribution in [0.2, 0.25) is 0 Å². The normalized spacial score (nSPS) is 26.0. The minimum atomic E-state index is -2.39. The molecule has 2 aliphatic rings. The fourth-order valence-electron chi connectivity index (χ4n) is 3.51. The van der Waals surface area contributed by atoms with Crippen molar-refractivity contribution in [2.45, 2.75) is 45.0 Å². The molecule has 0 aromatic heterocycles. The van der Waals surface area contributed by atoms with Gasteiger partial charge in [-0.25, -0.2) is 8.78 Å². The average Bonchev–Trinajstić information content (AvgIpc) is 3.02. The Labute approximate surface area is 125 Å².